The Kier molecular flexibility index (Phi) is 6.11. The van der Waals surface area contributed by atoms with E-state index in [1.807, 2.05) is 0 Å². The summed E-state index contributed by atoms with van der Waals surface area (Å²) in [6.07, 6.45) is 6.23. The molecule has 2 aromatic rings. The second kappa shape index (κ2) is 8.50. The Morgan fingerprint density at radius 3 is 2.50 bits per heavy atom. The predicted octanol–water partition coefficient (Wildman–Crippen LogP) is 4.50. The molecule has 1 fully saturated rings. The molecule has 2 N–H and O–H groups in total. The lowest BCUT2D eigenvalue weighted by atomic mass is 9.96. The molecular formula is C21H30N2O. The van der Waals surface area contributed by atoms with Crippen LogP contribution in [0.3, 0.4) is 0 Å². The Labute approximate surface area is 145 Å². The maximum atomic E-state index is 6.28. The first-order chi connectivity index (χ1) is 11.8. The Balaban J connectivity index is 2.05. The zero-order valence-corrected chi connectivity index (χ0v) is 14.8. The summed E-state index contributed by atoms with van der Waals surface area (Å²) in [7, 11) is 0. The van der Waals surface area contributed by atoms with Gasteiger partial charge in [-0.3, -0.25) is 4.90 Å². The Hall–Kier alpha value is -1.58. The van der Waals surface area contributed by atoms with Crippen molar-refractivity contribution in [1.29, 1.82) is 0 Å². The van der Waals surface area contributed by atoms with Gasteiger partial charge < -0.3 is 10.5 Å². The van der Waals surface area contributed by atoms with Crippen molar-refractivity contribution in [3.8, 4) is 5.75 Å². The van der Waals surface area contributed by atoms with Gasteiger partial charge in [-0.05, 0) is 49.2 Å². The average molecular weight is 326 g/mol. The second-order valence-corrected chi connectivity index (χ2v) is 6.75. The van der Waals surface area contributed by atoms with Crippen molar-refractivity contribution in [2.45, 2.75) is 45.1 Å². The summed E-state index contributed by atoms with van der Waals surface area (Å²) in [6, 6.07) is 13.1. The van der Waals surface area contributed by atoms with Crippen molar-refractivity contribution in [3.63, 3.8) is 0 Å². The van der Waals surface area contributed by atoms with E-state index in [1.54, 1.807) is 0 Å². The average Bonchev–Trinajstić information content (AvgIpc) is 2.91. The summed E-state index contributed by atoms with van der Waals surface area (Å²) < 4.78 is 6.12. The molecule has 0 bridgehead atoms. The third-order valence-electron chi connectivity index (χ3n) is 5.03. The van der Waals surface area contributed by atoms with E-state index in [-0.39, 0.29) is 6.04 Å². The first-order valence-electron chi connectivity index (χ1n) is 9.43. The van der Waals surface area contributed by atoms with Crippen molar-refractivity contribution >= 4 is 10.8 Å². The number of hydrogen-bond acceptors (Lipinski definition) is 3. The normalized spacial score (nSPS) is 17.6. The summed E-state index contributed by atoms with van der Waals surface area (Å²) in [5.74, 6) is 1.01. The minimum absolute atomic E-state index is 0.237. The lowest BCUT2D eigenvalue weighted by Crippen LogP contribution is -2.35. The van der Waals surface area contributed by atoms with Crippen molar-refractivity contribution in [3.05, 3.63) is 42.0 Å². The number of likely N-dealkylation sites (tertiary alicyclic amines) is 1. The standard InChI is InChI=1S/C21H30N2O/c1-2-15-24-20-12-11-17-9-5-6-10-18(17)21(20)19(16-22)23-13-7-3-4-8-14-23/h5-6,9-12,19H,2-4,7-8,13-16,22H2,1H3. The molecule has 1 aliphatic rings. The highest BCUT2D eigenvalue weighted by Gasteiger charge is 2.25. The number of benzene rings is 2. The van der Waals surface area contributed by atoms with Gasteiger partial charge in [0, 0.05) is 12.1 Å². The molecule has 0 aromatic heterocycles. The van der Waals surface area contributed by atoms with E-state index in [4.69, 9.17) is 10.5 Å². The topological polar surface area (TPSA) is 38.5 Å². The molecule has 0 radical (unpaired) electrons. The molecule has 0 spiro atoms. The lowest BCUT2D eigenvalue weighted by Gasteiger charge is -2.32. The third-order valence-corrected chi connectivity index (χ3v) is 5.03. The molecule has 3 heteroatoms. The van der Waals surface area contributed by atoms with Gasteiger partial charge in [0.1, 0.15) is 5.75 Å². The molecule has 1 aliphatic heterocycles. The lowest BCUT2D eigenvalue weighted by molar-refractivity contribution is 0.204. The molecule has 3 nitrogen and oxygen atoms in total. The summed E-state index contributed by atoms with van der Waals surface area (Å²) in [5, 5.41) is 2.55. The monoisotopic (exact) mass is 326 g/mol. The smallest absolute Gasteiger partial charge is 0.124 e. The van der Waals surface area contributed by atoms with Crippen LogP contribution in [0.25, 0.3) is 10.8 Å². The van der Waals surface area contributed by atoms with Gasteiger partial charge in [-0.25, -0.2) is 0 Å². The van der Waals surface area contributed by atoms with Crippen molar-refractivity contribution in [1.82, 2.24) is 4.90 Å². The van der Waals surface area contributed by atoms with Crippen molar-refractivity contribution in [2.24, 2.45) is 5.73 Å². The summed E-state index contributed by atoms with van der Waals surface area (Å²) in [6.45, 7) is 5.81. The summed E-state index contributed by atoms with van der Waals surface area (Å²) in [5.41, 5.74) is 7.56. The minimum atomic E-state index is 0.237. The number of hydrogen-bond donors (Lipinski definition) is 1. The number of nitrogens with zero attached hydrogens (tertiary/aromatic N) is 1. The fourth-order valence-electron chi connectivity index (χ4n) is 3.81. The molecule has 1 unspecified atom stereocenters. The van der Waals surface area contributed by atoms with Crippen LogP contribution in [0.1, 0.15) is 50.6 Å². The first kappa shape index (κ1) is 17.2. The third kappa shape index (κ3) is 3.73. The largest absolute Gasteiger partial charge is 0.493 e. The van der Waals surface area contributed by atoms with Crippen LogP contribution in [-0.4, -0.2) is 31.1 Å². The highest BCUT2D eigenvalue weighted by molar-refractivity contribution is 5.88. The number of nitrogens with two attached hydrogens (primary N) is 1. The van der Waals surface area contributed by atoms with Crippen LogP contribution in [0.2, 0.25) is 0 Å². The molecular weight excluding hydrogens is 296 g/mol. The highest BCUT2D eigenvalue weighted by Crippen LogP contribution is 2.36. The van der Waals surface area contributed by atoms with E-state index in [9.17, 15) is 0 Å². The van der Waals surface area contributed by atoms with Gasteiger partial charge in [0.2, 0.25) is 0 Å². The SMILES string of the molecule is CCCOc1ccc2ccccc2c1C(CN)N1CCCCCC1. The van der Waals surface area contributed by atoms with Gasteiger partial charge in [0.05, 0.1) is 12.6 Å². The Bertz CT molecular complexity index is 647. The fourth-order valence-corrected chi connectivity index (χ4v) is 3.81. The van der Waals surface area contributed by atoms with E-state index in [0.29, 0.717) is 6.54 Å². The van der Waals surface area contributed by atoms with E-state index in [0.717, 1.165) is 31.9 Å². The van der Waals surface area contributed by atoms with Crippen LogP contribution in [0, 0.1) is 0 Å². The van der Waals surface area contributed by atoms with Gasteiger partial charge in [0.25, 0.3) is 0 Å². The Morgan fingerprint density at radius 2 is 1.79 bits per heavy atom. The second-order valence-electron chi connectivity index (χ2n) is 6.75. The minimum Gasteiger partial charge on any atom is -0.493 e. The summed E-state index contributed by atoms with van der Waals surface area (Å²) >= 11 is 0. The van der Waals surface area contributed by atoms with E-state index >= 15 is 0 Å². The number of rotatable bonds is 6. The van der Waals surface area contributed by atoms with E-state index in [1.165, 1.54) is 42.0 Å². The molecule has 0 saturated carbocycles. The molecule has 3 rings (SSSR count). The van der Waals surface area contributed by atoms with Crippen molar-refractivity contribution < 1.29 is 4.74 Å². The van der Waals surface area contributed by atoms with Crippen LogP contribution < -0.4 is 10.5 Å². The quantitative estimate of drug-likeness (QED) is 0.849. The molecule has 1 heterocycles. The van der Waals surface area contributed by atoms with Crippen LogP contribution in [0.15, 0.2) is 36.4 Å². The zero-order chi connectivity index (χ0) is 16.8. The fraction of sp³-hybridized carbons (Fsp3) is 0.524. The van der Waals surface area contributed by atoms with Gasteiger partial charge in [0.15, 0.2) is 0 Å². The Morgan fingerprint density at radius 1 is 1.04 bits per heavy atom. The predicted molar refractivity (Wildman–Crippen MR) is 102 cm³/mol. The van der Waals surface area contributed by atoms with Crippen LogP contribution in [0.4, 0.5) is 0 Å². The molecule has 1 atom stereocenters. The van der Waals surface area contributed by atoms with Gasteiger partial charge in [-0.2, -0.15) is 0 Å². The maximum absolute atomic E-state index is 6.28. The number of fused-ring (bicyclic) bond motifs is 1. The van der Waals surface area contributed by atoms with Crippen molar-refractivity contribution in [2.75, 3.05) is 26.2 Å². The maximum Gasteiger partial charge on any atom is 0.124 e. The van der Waals surface area contributed by atoms with E-state index < -0.39 is 0 Å². The molecule has 130 valence electrons. The molecule has 1 saturated heterocycles. The molecule has 0 amide bonds. The molecule has 2 aromatic carbocycles. The summed E-state index contributed by atoms with van der Waals surface area (Å²) in [4.78, 5) is 2.58. The van der Waals surface area contributed by atoms with Gasteiger partial charge >= 0.3 is 0 Å². The molecule has 24 heavy (non-hydrogen) atoms. The number of ether oxygens (including phenoxy) is 1. The van der Waals surface area contributed by atoms with E-state index in [2.05, 4.69) is 48.2 Å². The zero-order valence-electron chi connectivity index (χ0n) is 14.8. The van der Waals surface area contributed by atoms with Crippen LogP contribution in [0.5, 0.6) is 5.75 Å². The van der Waals surface area contributed by atoms with Crippen LogP contribution in [-0.2, 0) is 0 Å². The van der Waals surface area contributed by atoms with Gasteiger partial charge in [-0.1, -0.05) is 50.1 Å². The first-order valence-corrected chi connectivity index (χ1v) is 9.43. The highest BCUT2D eigenvalue weighted by atomic mass is 16.5. The van der Waals surface area contributed by atoms with Gasteiger partial charge in [-0.15, -0.1) is 0 Å². The van der Waals surface area contributed by atoms with Crippen LogP contribution >= 0.6 is 0 Å². The molecule has 0 aliphatic carbocycles.